The standard InChI is InChI=1S/C23H40F2O2/c1-2-3-4-5-6-7-8-18-9-11-20(12-10-18)23(17-21(24)25)15-13-19(14-16-23)22(26)27/h18-21H,2-17H2,1H3,(H,26,27)/t18?,19-,20?,23-. The topological polar surface area (TPSA) is 37.3 Å². The Morgan fingerprint density at radius 2 is 1.56 bits per heavy atom. The van der Waals surface area contributed by atoms with E-state index >= 15 is 0 Å². The SMILES string of the molecule is CCCCCCCCC1CCC([C@]2(CC(F)F)CC[C@@H](C(=O)O)CC2)CC1. The van der Waals surface area contributed by atoms with E-state index in [0.29, 0.717) is 31.6 Å². The minimum absolute atomic E-state index is 0.0217. The molecule has 0 atom stereocenters. The Kier molecular flexibility index (Phi) is 9.52. The molecule has 2 fully saturated rings. The fourth-order valence-electron chi connectivity index (χ4n) is 5.80. The molecule has 0 aromatic heterocycles. The molecule has 2 nitrogen and oxygen atoms in total. The second-order valence-electron chi connectivity index (χ2n) is 9.34. The molecule has 0 unspecified atom stereocenters. The number of hydrogen-bond donors (Lipinski definition) is 1. The first-order chi connectivity index (χ1) is 13.0. The third-order valence-corrected chi connectivity index (χ3v) is 7.57. The van der Waals surface area contributed by atoms with Gasteiger partial charge < -0.3 is 5.11 Å². The highest BCUT2D eigenvalue weighted by molar-refractivity contribution is 5.70. The van der Waals surface area contributed by atoms with Crippen molar-refractivity contribution in [2.24, 2.45) is 23.2 Å². The minimum Gasteiger partial charge on any atom is -0.481 e. The summed E-state index contributed by atoms with van der Waals surface area (Å²) in [7, 11) is 0. The van der Waals surface area contributed by atoms with E-state index in [1.165, 1.54) is 57.8 Å². The number of alkyl halides is 2. The Balaban J connectivity index is 1.78. The summed E-state index contributed by atoms with van der Waals surface area (Å²) in [4.78, 5) is 11.2. The molecule has 0 heterocycles. The molecule has 27 heavy (non-hydrogen) atoms. The molecule has 0 aliphatic heterocycles. The van der Waals surface area contributed by atoms with Gasteiger partial charge in [-0.25, -0.2) is 8.78 Å². The van der Waals surface area contributed by atoms with Crippen molar-refractivity contribution < 1.29 is 18.7 Å². The summed E-state index contributed by atoms with van der Waals surface area (Å²) in [5, 5.41) is 9.24. The number of carboxylic acids is 1. The van der Waals surface area contributed by atoms with Crippen LogP contribution in [0.2, 0.25) is 0 Å². The summed E-state index contributed by atoms with van der Waals surface area (Å²) in [6.45, 7) is 2.24. The van der Waals surface area contributed by atoms with Gasteiger partial charge in [-0.2, -0.15) is 0 Å². The van der Waals surface area contributed by atoms with Gasteiger partial charge in [-0.15, -0.1) is 0 Å². The lowest BCUT2D eigenvalue weighted by atomic mass is 9.57. The van der Waals surface area contributed by atoms with E-state index in [0.717, 1.165) is 18.8 Å². The zero-order chi connectivity index (χ0) is 19.7. The number of halogens is 2. The molecule has 0 bridgehead atoms. The average molecular weight is 387 g/mol. The van der Waals surface area contributed by atoms with Gasteiger partial charge in [0.15, 0.2) is 0 Å². The zero-order valence-corrected chi connectivity index (χ0v) is 17.2. The van der Waals surface area contributed by atoms with E-state index in [1.54, 1.807) is 0 Å². The molecule has 0 aromatic rings. The maximum Gasteiger partial charge on any atom is 0.306 e. The van der Waals surface area contributed by atoms with E-state index < -0.39 is 12.4 Å². The van der Waals surface area contributed by atoms with Gasteiger partial charge in [0, 0.05) is 6.42 Å². The normalized spacial score (nSPS) is 31.9. The molecule has 1 N–H and O–H groups in total. The first-order valence-electron chi connectivity index (χ1n) is 11.5. The third kappa shape index (κ3) is 7.02. The third-order valence-electron chi connectivity index (χ3n) is 7.57. The Morgan fingerprint density at radius 1 is 0.963 bits per heavy atom. The number of carbonyl (C=O) groups is 1. The molecule has 4 heteroatoms. The molecular weight excluding hydrogens is 346 g/mol. The molecule has 0 aromatic carbocycles. The van der Waals surface area contributed by atoms with Crippen LogP contribution >= 0.6 is 0 Å². The lowest BCUT2D eigenvalue weighted by molar-refractivity contribution is -0.144. The van der Waals surface area contributed by atoms with Gasteiger partial charge in [-0.1, -0.05) is 64.7 Å². The van der Waals surface area contributed by atoms with Crippen LogP contribution in [0.1, 0.15) is 110 Å². The molecule has 2 aliphatic carbocycles. The van der Waals surface area contributed by atoms with Gasteiger partial charge in [-0.05, 0) is 55.8 Å². The van der Waals surface area contributed by atoms with Crippen LogP contribution in [0.3, 0.4) is 0 Å². The fraction of sp³-hybridized carbons (Fsp3) is 0.957. The second-order valence-corrected chi connectivity index (χ2v) is 9.34. The van der Waals surface area contributed by atoms with Crippen molar-refractivity contribution in [3.63, 3.8) is 0 Å². The smallest absolute Gasteiger partial charge is 0.306 e. The maximum absolute atomic E-state index is 13.3. The van der Waals surface area contributed by atoms with E-state index in [2.05, 4.69) is 6.92 Å². The molecule has 0 amide bonds. The van der Waals surface area contributed by atoms with Crippen LogP contribution in [0, 0.1) is 23.2 Å². The summed E-state index contributed by atoms with van der Waals surface area (Å²) in [6, 6.07) is 0. The summed E-state index contributed by atoms with van der Waals surface area (Å²) in [5.74, 6) is 0.0940. The predicted octanol–water partition coefficient (Wildman–Crippen LogP) is 7.46. The molecule has 0 saturated heterocycles. The summed E-state index contributed by atoms with van der Waals surface area (Å²) in [6.07, 6.45) is 14.1. The highest BCUT2D eigenvalue weighted by atomic mass is 19.3. The van der Waals surface area contributed by atoms with Gasteiger partial charge in [0.2, 0.25) is 6.43 Å². The van der Waals surface area contributed by atoms with Crippen LogP contribution in [0.15, 0.2) is 0 Å². The summed E-state index contributed by atoms with van der Waals surface area (Å²) < 4.78 is 26.7. The van der Waals surface area contributed by atoms with Crippen molar-refractivity contribution in [2.45, 2.75) is 116 Å². The Morgan fingerprint density at radius 3 is 2.11 bits per heavy atom. The molecule has 0 spiro atoms. The molecule has 2 aliphatic rings. The van der Waals surface area contributed by atoms with Gasteiger partial charge in [0.05, 0.1) is 5.92 Å². The monoisotopic (exact) mass is 386 g/mol. The van der Waals surface area contributed by atoms with Crippen LogP contribution in [0.25, 0.3) is 0 Å². The highest BCUT2D eigenvalue weighted by Gasteiger charge is 2.45. The van der Waals surface area contributed by atoms with E-state index in [-0.39, 0.29) is 17.8 Å². The number of unbranched alkanes of at least 4 members (excludes halogenated alkanes) is 5. The predicted molar refractivity (Wildman–Crippen MR) is 106 cm³/mol. The molecule has 158 valence electrons. The average Bonchev–Trinajstić information content (AvgIpc) is 2.65. The summed E-state index contributed by atoms with van der Waals surface area (Å²) >= 11 is 0. The van der Waals surface area contributed by atoms with Gasteiger partial charge >= 0.3 is 5.97 Å². The first kappa shape index (κ1) is 22.6. The molecule has 2 saturated carbocycles. The van der Waals surface area contributed by atoms with E-state index in [4.69, 9.17) is 0 Å². The van der Waals surface area contributed by atoms with Crippen molar-refractivity contribution in [3.8, 4) is 0 Å². The number of carboxylic acid groups (broad SMARTS) is 1. The largest absolute Gasteiger partial charge is 0.481 e. The van der Waals surface area contributed by atoms with Crippen LogP contribution in [-0.4, -0.2) is 17.5 Å². The van der Waals surface area contributed by atoms with Crippen LogP contribution < -0.4 is 0 Å². The van der Waals surface area contributed by atoms with Crippen molar-refractivity contribution in [1.82, 2.24) is 0 Å². The molecule has 0 radical (unpaired) electrons. The summed E-state index contributed by atoms with van der Waals surface area (Å²) in [5.41, 5.74) is -0.300. The van der Waals surface area contributed by atoms with Crippen molar-refractivity contribution >= 4 is 5.97 Å². The maximum atomic E-state index is 13.3. The van der Waals surface area contributed by atoms with Crippen LogP contribution in [0.4, 0.5) is 8.78 Å². The Bertz CT molecular complexity index is 422. The first-order valence-corrected chi connectivity index (χ1v) is 11.5. The zero-order valence-electron chi connectivity index (χ0n) is 17.2. The van der Waals surface area contributed by atoms with Crippen LogP contribution in [-0.2, 0) is 4.79 Å². The number of rotatable bonds is 11. The molecule has 2 rings (SSSR count). The second kappa shape index (κ2) is 11.4. The lowest BCUT2D eigenvalue weighted by Gasteiger charge is -2.47. The van der Waals surface area contributed by atoms with Crippen LogP contribution in [0.5, 0.6) is 0 Å². The van der Waals surface area contributed by atoms with Gasteiger partial charge in [0.25, 0.3) is 0 Å². The number of hydrogen-bond acceptors (Lipinski definition) is 1. The minimum atomic E-state index is -2.27. The molecular formula is C23H40F2O2. The quantitative estimate of drug-likeness (QED) is 0.374. The Hall–Kier alpha value is -0.670. The van der Waals surface area contributed by atoms with Crippen molar-refractivity contribution in [2.75, 3.05) is 0 Å². The highest BCUT2D eigenvalue weighted by Crippen LogP contribution is 2.53. The van der Waals surface area contributed by atoms with E-state index in [9.17, 15) is 18.7 Å². The fourth-order valence-corrected chi connectivity index (χ4v) is 5.80. The van der Waals surface area contributed by atoms with Gasteiger partial charge in [-0.3, -0.25) is 4.79 Å². The van der Waals surface area contributed by atoms with E-state index in [1.807, 2.05) is 0 Å². The van der Waals surface area contributed by atoms with Crippen molar-refractivity contribution in [3.05, 3.63) is 0 Å². The lowest BCUT2D eigenvalue weighted by Crippen LogP contribution is -2.40. The van der Waals surface area contributed by atoms with Crippen molar-refractivity contribution in [1.29, 1.82) is 0 Å². The Labute approximate surface area is 164 Å². The number of aliphatic carboxylic acids is 1. The van der Waals surface area contributed by atoms with Gasteiger partial charge in [0.1, 0.15) is 0 Å².